The molecule has 2 amide bonds. The quantitative estimate of drug-likeness (QED) is 0.811. The van der Waals surface area contributed by atoms with E-state index in [9.17, 15) is 9.59 Å². The second-order valence-corrected chi connectivity index (χ2v) is 6.66. The van der Waals surface area contributed by atoms with Crippen molar-refractivity contribution in [1.82, 2.24) is 10.2 Å². The van der Waals surface area contributed by atoms with Crippen LogP contribution in [0.2, 0.25) is 0 Å². The first-order chi connectivity index (χ1) is 9.49. The van der Waals surface area contributed by atoms with Crippen molar-refractivity contribution in [2.45, 2.75) is 65.5 Å². The summed E-state index contributed by atoms with van der Waals surface area (Å²) < 4.78 is 0. The van der Waals surface area contributed by atoms with Crippen molar-refractivity contribution in [3.8, 4) is 0 Å². The lowest BCUT2D eigenvalue weighted by atomic mass is 9.92. The van der Waals surface area contributed by atoms with Gasteiger partial charge >= 0.3 is 0 Å². The average Bonchev–Trinajstić information content (AvgIpc) is 3.25. The molecule has 2 aliphatic rings. The number of nitrogens with one attached hydrogen (secondary N) is 1. The molecule has 4 atom stereocenters. The highest BCUT2D eigenvalue weighted by Gasteiger charge is 2.48. The van der Waals surface area contributed by atoms with Crippen LogP contribution in [0.3, 0.4) is 0 Å². The van der Waals surface area contributed by atoms with Crippen LogP contribution in [0.25, 0.3) is 0 Å². The van der Waals surface area contributed by atoms with Crippen molar-refractivity contribution in [1.29, 1.82) is 0 Å². The molecule has 4 heteroatoms. The van der Waals surface area contributed by atoms with Gasteiger partial charge in [0.1, 0.15) is 12.1 Å². The van der Waals surface area contributed by atoms with Crippen LogP contribution in [0.4, 0.5) is 0 Å². The van der Waals surface area contributed by atoms with Gasteiger partial charge in [-0.1, -0.05) is 40.5 Å². The number of piperazine rings is 1. The van der Waals surface area contributed by atoms with E-state index in [4.69, 9.17) is 0 Å². The van der Waals surface area contributed by atoms with Crippen molar-refractivity contribution in [3.63, 3.8) is 0 Å². The summed E-state index contributed by atoms with van der Waals surface area (Å²) in [6, 6.07) is -0.539. The minimum absolute atomic E-state index is 0.0701. The summed E-state index contributed by atoms with van der Waals surface area (Å²) in [5.74, 6) is 1.24. The Balaban J connectivity index is 2.19. The highest BCUT2D eigenvalue weighted by Crippen LogP contribution is 2.38. The maximum absolute atomic E-state index is 12.8. The van der Waals surface area contributed by atoms with Gasteiger partial charge in [0, 0.05) is 6.54 Å². The third kappa shape index (κ3) is 2.99. The third-order valence-electron chi connectivity index (χ3n) is 4.94. The molecule has 2 fully saturated rings. The number of rotatable bonds is 6. The molecule has 0 aromatic carbocycles. The minimum atomic E-state index is -0.327. The van der Waals surface area contributed by atoms with Crippen LogP contribution < -0.4 is 5.32 Å². The van der Waals surface area contributed by atoms with E-state index >= 15 is 0 Å². The molecule has 0 aromatic rings. The largest absolute Gasteiger partial charge is 0.342 e. The van der Waals surface area contributed by atoms with Crippen molar-refractivity contribution >= 4 is 11.8 Å². The summed E-state index contributed by atoms with van der Waals surface area (Å²) >= 11 is 0. The predicted octanol–water partition coefficient (Wildman–Crippen LogP) is 2.18. The Hall–Kier alpha value is -1.06. The smallest absolute Gasteiger partial charge is 0.246 e. The molecule has 1 aliphatic carbocycles. The highest BCUT2D eigenvalue weighted by molar-refractivity contribution is 5.97. The van der Waals surface area contributed by atoms with Crippen LogP contribution in [0.15, 0.2) is 0 Å². The van der Waals surface area contributed by atoms with Crippen LogP contribution >= 0.6 is 0 Å². The number of hydrogen-bond acceptors (Lipinski definition) is 2. The molecule has 4 unspecified atom stereocenters. The molecular formula is C16H28N2O2. The Morgan fingerprint density at radius 1 is 1.20 bits per heavy atom. The molecule has 114 valence electrons. The zero-order valence-corrected chi connectivity index (χ0v) is 13.2. The van der Waals surface area contributed by atoms with E-state index in [0.29, 0.717) is 11.8 Å². The molecule has 20 heavy (non-hydrogen) atoms. The number of amides is 2. The summed E-state index contributed by atoms with van der Waals surface area (Å²) in [6.45, 7) is 9.12. The molecule has 0 radical (unpaired) electrons. The van der Waals surface area contributed by atoms with E-state index in [1.165, 1.54) is 0 Å². The lowest BCUT2D eigenvalue weighted by Crippen LogP contribution is -2.66. The molecule has 1 saturated heterocycles. The van der Waals surface area contributed by atoms with Crippen molar-refractivity contribution in [2.75, 3.05) is 6.54 Å². The molecule has 0 aromatic heterocycles. The Bertz CT molecular complexity index is 379. The first-order valence-electron chi connectivity index (χ1n) is 8.10. The van der Waals surface area contributed by atoms with Gasteiger partial charge in [0.05, 0.1) is 0 Å². The molecule has 1 heterocycles. The van der Waals surface area contributed by atoms with E-state index in [-0.39, 0.29) is 29.8 Å². The fourth-order valence-electron chi connectivity index (χ4n) is 2.93. The van der Waals surface area contributed by atoms with Gasteiger partial charge in [0.2, 0.25) is 11.8 Å². The normalized spacial score (nSPS) is 30.1. The number of nitrogens with zero attached hydrogens (tertiary/aromatic N) is 1. The molecule has 0 spiro atoms. The van der Waals surface area contributed by atoms with Gasteiger partial charge in [-0.15, -0.1) is 0 Å². The Labute approximate surface area is 122 Å². The first-order valence-corrected chi connectivity index (χ1v) is 8.10. The van der Waals surface area contributed by atoms with Crippen LogP contribution in [-0.2, 0) is 9.59 Å². The maximum atomic E-state index is 12.8. The summed E-state index contributed by atoms with van der Waals surface area (Å²) in [5, 5.41) is 2.98. The third-order valence-corrected chi connectivity index (χ3v) is 4.94. The molecule has 1 N–H and O–H groups in total. The van der Waals surface area contributed by atoms with Crippen LogP contribution in [0, 0.1) is 17.8 Å². The van der Waals surface area contributed by atoms with Crippen LogP contribution in [-0.4, -0.2) is 35.3 Å². The van der Waals surface area contributed by atoms with Gasteiger partial charge in [0.25, 0.3) is 0 Å². The number of carbonyl (C=O) groups is 2. The van der Waals surface area contributed by atoms with E-state index in [2.05, 4.69) is 26.1 Å². The lowest BCUT2D eigenvalue weighted by molar-refractivity contribution is -0.152. The highest BCUT2D eigenvalue weighted by atomic mass is 16.2. The monoisotopic (exact) mass is 280 g/mol. The number of carbonyl (C=O) groups excluding carboxylic acids is 2. The van der Waals surface area contributed by atoms with Gasteiger partial charge in [-0.05, 0) is 30.6 Å². The fraction of sp³-hybridized carbons (Fsp3) is 0.875. The second kappa shape index (κ2) is 6.15. The Kier molecular flexibility index (Phi) is 4.71. The second-order valence-electron chi connectivity index (χ2n) is 6.66. The van der Waals surface area contributed by atoms with Crippen molar-refractivity contribution in [2.24, 2.45) is 17.8 Å². The summed E-state index contributed by atoms with van der Waals surface area (Å²) in [6.07, 6.45) is 4.10. The van der Waals surface area contributed by atoms with Crippen LogP contribution in [0.1, 0.15) is 53.4 Å². The average molecular weight is 280 g/mol. The zero-order chi connectivity index (χ0) is 14.9. The summed E-state index contributed by atoms with van der Waals surface area (Å²) in [5.41, 5.74) is 0. The summed E-state index contributed by atoms with van der Waals surface area (Å²) in [4.78, 5) is 27.1. The van der Waals surface area contributed by atoms with Crippen molar-refractivity contribution in [3.05, 3.63) is 0 Å². The van der Waals surface area contributed by atoms with Gasteiger partial charge in [0.15, 0.2) is 0 Å². The van der Waals surface area contributed by atoms with Crippen molar-refractivity contribution < 1.29 is 9.59 Å². The molecule has 1 saturated carbocycles. The molecule has 4 nitrogen and oxygen atoms in total. The van der Waals surface area contributed by atoms with Gasteiger partial charge in [-0.25, -0.2) is 0 Å². The van der Waals surface area contributed by atoms with E-state index in [1.54, 1.807) is 0 Å². The SMILES string of the molecule is CCC(C)CN1C(=O)C(C(C)CC)NC(=O)C1C1CC1. The molecule has 0 bridgehead atoms. The van der Waals surface area contributed by atoms with E-state index in [0.717, 1.165) is 32.2 Å². The van der Waals surface area contributed by atoms with Crippen LogP contribution in [0.5, 0.6) is 0 Å². The van der Waals surface area contributed by atoms with Gasteiger partial charge in [-0.3, -0.25) is 9.59 Å². The Morgan fingerprint density at radius 2 is 1.85 bits per heavy atom. The maximum Gasteiger partial charge on any atom is 0.246 e. The first kappa shape index (κ1) is 15.3. The fourth-order valence-corrected chi connectivity index (χ4v) is 2.93. The van der Waals surface area contributed by atoms with E-state index in [1.807, 2.05) is 11.8 Å². The number of hydrogen-bond donors (Lipinski definition) is 1. The minimum Gasteiger partial charge on any atom is -0.342 e. The predicted molar refractivity (Wildman–Crippen MR) is 79.1 cm³/mol. The zero-order valence-electron chi connectivity index (χ0n) is 13.2. The Morgan fingerprint density at radius 3 is 2.35 bits per heavy atom. The summed E-state index contributed by atoms with van der Waals surface area (Å²) in [7, 11) is 0. The molecular weight excluding hydrogens is 252 g/mol. The standard InChI is InChI=1S/C16H28N2O2/c1-5-10(3)9-18-14(12-7-8-12)15(19)17-13(16(18)20)11(4)6-2/h10-14H,5-9H2,1-4H3,(H,17,19). The molecule has 1 aliphatic heterocycles. The van der Waals surface area contributed by atoms with Gasteiger partial charge in [-0.2, -0.15) is 0 Å². The molecule has 2 rings (SSSR count). The topological polar surface area (TPSA) is 49.4 Å². The van der Waals surface area contributed by atoms with E-state index < -0.39 is 0 Å². The van der Waals surface area contributed by atoms with Gasteiger partial charge < -0.3 is 10.2 Å². The lowest BCUT2D eigenvalue weighted by Gasteiger charge is -2.42.